The maximum Gasteiger partial charge on any atom is 0.133 e. The average molecular weight is 268 g/mol. The molecule has 1 aliphatic rings. The van der Waals surface area contributed by atoms with Gasteiger partial charge in [-0.25, -0.2) is 9.97 Å². The molecular weight excluding hydrogens is 246 g/mol. The Morgan fingerprint density at radius 3 is 2.78 bits per heavy atom. The number of hydrogen-bond acceptors (Lipinski definition) is 3. The van der Waals surface area contributed by atoms with Crippen molar-refractivity contribution in [3.63, 3.8) is 0 Å². The molecule has 0 amide bonds. The van der Waals surface area contributed by atoms with Crippen molar-refractivity contribution in [1.82, 2.24) is 9.97 Å². The van der Waals surface area contributed by atoms with Gasteiger partial charge in [-0.05, 0) is 39.0 Å². The molecule has 1 atom stereocenters. The normalized spacial score (nSPS) is 18.6. The Morgan fingerprint density at radius 1 is 1.28 bits per heavy atom. The van der Waals surface area contributed by atoms with Gasteiger partial charge >= 0.3 is 0 Å². The highest BCUT2D eigenvalue weighted by atomic mass is 35.5. The Labute approximate surface area is 114 Å². The molecule has 0 saturated heterocycles. The summed E-state index contributed by atoms with van der Waals surface area (Å²) in [6.45, 7) is 4.29. The van der Waals surface area contributed by atoms with Gasteiger partial charge in [0.2, 0.25) is 0 Å². The van der Waals surface area contributed by atoms with Crippen LogP contribution in [0.25, 0.3) is 0 Å². The molecule has 1 aromatic rings. The number of aromatic nitrogens is 2. The summed E-state index contributed by atoms with van der Waals surface area (Å²) < 4.78 is 0. The summed E-state index contributed by atoms with van der Waals surface area (Å²) in [5.41, 5.74) is 2.44. The summed E-state index contributed by atoms with van der Waals surface area (Å²) in [4.78, 5) is 8.87. The fraction of sp³-hybridized carbons (Fsp3) is 0.714. The van der Waals surface area contributed by atoms with Crippen LogP contribution in [0.15, 0.2) is 6.33 Å². The van der Waals surface area contributed by atoms with Crippen LogP contribution in [0, 0.1) is 0 Å². The molecule has 1 aliphatic carbocycles. The molecule has 0 spiro atoms. The van der Waals surface area contributed by atoms with Crippen molar-refractivity contribution >= 4 is 17.4 Å². The molecule has 0 fully saturated rings. The fourth-order valence-corrected chi connectivity index (χ4v) is 2.56. The number of nitrogens with one attached hydrogen (secondary N) is 1. The molecule has 1 N–H and O–H groups in total. The number of rotatable bonds is 4. The van der Waals surface area contributed by atoms with Gasteiger partial charge in [0.15, 0.2) is 0 Å². The number of nitrogens with zero attached hydrogens (tertiary/aromatic N) is 2. The first-order valence-electron chi connectivity index (χ1n) is 6.85. The van der Waals surface area contributed by atoms with Crippen LogP contribution in [-0.2, 0) is 12.8 Å². The predicted octanol–water partition coefficient (Wildman–Crippen LogP) is 3.56. The first-order chi connectivity index (χ1) is 8.68. The summed E-state index contributed by atoms with van der Waals surface area (Å²) in [5, 5.41) is 3.53. The standard InChI is InChI=1S/C14H22ClN3/c1-3-14(2,9-15)18-13-11-7-5-4-6-8-12(11)16-10-17-13/h10H,3-9H2,1-2H3,(H,16,17,18). The van der Waals surface area contributed by atoms with Crippen molar-refractivity contribution in [2.24, 2.45) is 0 Å². The predicted molar refractivity (Wildman–Crippen MR) is 76.3 cm³/mol. The molecular formula is C14H22ClN3. The van der Waals surface area contributed by atoms with E-state index in [2.05, 4.69) is 29.1 Å². The third-order valence-electron chi connectivity index (χ3n) is 3.87. The molecule has 18 heavy (non-hydrogen) atoms. The van der Waals surface area contributed by atoms with E-state index < -0.39 is 0 Å². The monoisotopic (exact) mass is 267 g/mol. The molecule has 2 rings (SSSR count). The summed E-state index contributed by atoms with van der Waals surface area (Å²) in [5.74, 6) is 1.58. The van der Waals surface area contributed by atoms with Crippen LogP contribution in [0.2, 0.25) is 0 Å². The molecule has 0 bridgehead atoms. The van der Waals surface area contributed by atoms with Crippen molar-refractivity contribution in [2.45, 2.75) is 57.9 Å². The minimum absolute atomic E-state index is 0.0873. The quantitative estimate of drug-likeness (QED) is 0.670. The number of aryl methyl sites for hydroxylation is 1. The Bertz CT molecular complexity index is 402. The number of fused-ring (bicyclic) bond motifs is 1. The summed E-state index contributed by atoms with van der Waals surface area (Å²) in [6, 6.07) is 0. The smallest absolute Gasteiger partial charge is 0.133 e. The van der Waals surface area contributed by atoms with Crippen LogP contribution in [0.5, 0.6) is 0 Å². The summed E-state index contributed by atoms with van der Waals surface area (Å²) >= 11 is 6.07. The Morgan fingerprint density at radius 2 is 2.06 bits per heavy atom. The van der Waals surface area contributed by atoms with E-state index in [-0.39, 0.29) is 5.54 Å². The van der Waals surface area contributed by atoms with Crippen molar-refractivity contribution in [3.8, 4) is 0 Å². The van der Waals surface area contributed by atoms with Crippen LogP contribution in [0.3, 0.4) is 0 Å². The second-order valence-corrected chi connectivity index (χ2v) is 5.65. The molecule has 1 aromatic heterocycles. The summed E-state index contributed by atoms with van der Waals surface area (Å²) in [7, 11) is 0. The van der Waals surface area contributed by atoms with E-state index in [4.69, 9.17) is 11.6 Å². The largest absolute Gasteiger partial charge is 0.363 e. The van der Waals surface area contributed by atoms with Gasteiger partial charge in [0.1, 0.15) is 12.1 Å². The van der Waals surface area contributed by atoms with Crippen LogP contribution in [0.4, 0.5) is 5.82 Å². The van der Waals surface area contributed by atoms with E-state index in [0.717, 1.165) is 25.1 Å². The lowest BCUT2D eigenvalue weighted by molar-refractivity contribution is 0.549. The molecule has 0 radical (unpaired) electrons. The van der Waals surface area contributed by atoms with Gasteiger partial charge in [0.05, 0.1) is 0 Å². The molecule has 100 valence electrons. The van der Waals surface area contributed by atoms with Crippen LogP contribution < -0.4 is 5.32 Å². The first kappa shape index (κ1) is 13.6. The SMILES string of the molecule is CCC(C)(CCl)Nc1ncnc2c1CCCCC2. The van der Waals surface area contributed by atoms with E-state index in [1.54, 1.807) is 6.33 Å². The van der Waals surface area contributed by atoms with Gasteiger partial charge < -0.3 is 5.32 Å². The zero-order chi connectivity index (χ0) is 13.0. The highest BCUT2D eigenvalue weighted by Crippen LogP contribution is 2.27. The molecule has 1 heterocycles. The topological polar surface area (TPSA) is 37.8 Å². The third-order valence-corrected chi connectivity index (χ3v) is 4.46. The van der Waals surface area contributed by atoms with Crippen molar-refractivity contribution in [1.29, 1.82) is 0 Å². The maximum atomic E-state index is 6.07. The first-order valence-corrected chi connectivity index (χ1v) is 7.39. The molecule has 0 saturated carbocycles. The Hall–Kier alpha value is -0.830. The number of alkyl halides is 1. The van der Waals surface area contributed by atoms with E-state index in [1.807, 2.05) is 0 Å². The zero-order valence-corrected chi connectivity index (χ0v) is 12.1. The third kappa shape index (κ3) is 2.94. The lowest BCUT2D eigenvalue weighted by atomic mass is 10.0. The number of hydrogen-bond donors (Lipinski definition) is 1. The fourth-order valence-electron chi connectivity index (χ4n) is 2.31. The summed E-state index contributed by atoms with van der Waals surface area (Å²) in [6.07, 6.45) is 8.59. The van der Waals surface area contributed by atoms with Crippen molar-refractivity contribution in [2.75, 3.05) is 11.2 Å². The van der Waals surface area contributed by atoms with Gasteiger partial charge in [-0.3, -0.25) is 0 Å². The Kier molecular flexibility index (Phi) is 4.44. The highest BCUT2D eigenvalue weighted by Gasteiger charge is 2.23. The second-order valence-electron chi connectivity index (χ2n) is 5.38. The van der Waals surface area contributed by atoms with Gasteiger partial charge in [-0.1, -0.05) is 13.3 Å². The lowest BCUT2D eigenvalue weighted by Gasteiger charge is -2.29. The molecule has 1 unspecified atom stereocenters. The number of anilines is 1. The van der Waals surface area contributed by atoms with E-state index in [9.17, 15) is 0 Å². The Balaban J connectivity index is 2.28. The minimum Gasteiger partial charge on any atom is -0.363 e. The average Bonchev–Trinajstić information content (AvgIpc) is 2.64. The lowest BCUT2D eigenvalue weighted by Crippen LogP contribution is -2.36. The molecule has 4 heteroatoms. The van der Waals surface area contributed by atoms with Gasteiger partial charge in [0, 0.05) is 22.7 Å². The molecule has 0 aliphatic heterocycles. The number of halogens is 1. The van der Waals surface area contributed by atoms with Gasteiger partial charge in [-0.2, -0.15) is 0 Å². The van der Waals surface area contributed by atoms with Crippen LogP contribution >= 0.6 is 11.6 Å². The maximum absolute atomic E-state index is 6.07. The second kappa shape index (κ2) is 5.87. The van der Waals surface area contributed by atoms with E-state index in [0.29, 0.717) is 5.88 Å². The van der Waals surface area contributed by atoms with Crippen molar-refractivity contribution < 1.29 is 0 Å². The van der Waals surface area contributed by atoms with Gasteiger partial charge in [0.25, 0.3) is 0 Å². The van der Waals surface area contributed by atoms with E-state index in [1.165, 1.54) is 30.5 Å². The minimum atomic E-state index is -0.0873. The molecule has 0 aromatic carbocycles. The van der Waals surface area contributed by atoms with Gasteiger partial charge in [-0.15, -0.1) is 11.6 Å². The van der Waals surface area contributed by atoms with E-state index >= 15 is 0 Å². The van der Waals surface area contributed by atoms with Crippen LogP contribution in [-0.4, -0.2) is 21.4 Å². The molecule has 3 nitrogen and oxygen atoms in total. The highest BCUT2D eigenvalue weighted by molar-refractivity contribution is 6.18. The van der Waals surface area contributed by atoms with Crippen LogP contribution in [0.1, 0.15) is 50.8 Å². The van der Waals surface area contributed by atoms with Crippen molar-refractivity contribution in [3.05, 3.63) is 17.6 Å². The zero-order valence-electron chi connectivity index (χ0n) is 11.3.